The Morgan fingerprint density at radius 2 is 1.84 bits per heavy atom. The number of fused-ring (bicyclic) bond motifs is 1. The van der Waals surface area contributed by atoms with E-state index < -0.39 is 16.6 Å². The lowest BCUT2D eigenvalue weighted by Crippen LogP contribution is -2.26. The number of nitrogens with zero attached hydrogens (tertiary/aromatic N) is 3. The molecule has 3 aromatic carbocycles. The number of para-hydroxylation sites is 1. The highest BCUT2D eigenvalue weighted by atomic mass is 35.5. The number of aliphatic hydroxyl groups excluding tert-OH is 1. The number of non-ortho nitro benzene ring substituents is 1. The van der Waals surface area contributed by atoms with E-state index in [0.717, 1.165) is 0 Å². The Morgan fingerprint density at radius 3 is 2.56 bits per heavy atom. The van der Waals surface area contributed by atoms with Crippen molar-refractivity contribution in [2.24, 2.45) is 5.10 Å². The van der Waals surface area contributed by atoms with E-state index in [1.54, 1.807) is 48.5 Å². The quantitative estimate of drug-likeness (QED) is 0.231. The lowest BCUT2D eigenvalue weighted by Gasteiger charge is -2.15. The Hall–Kier alpha value is -4.08. The summed E-state index contributed by atoms with van der Waals surface area (Å²) in [5.74, 6) is 0. The number of benzene rings is 3. The highest BCUT2D eigenvalue weighted by Crippen LogP contribution is 2.26. The van der Waals surface area contributed by atoms with Crippen LogP contribution in [-0.2, 0) is 0 Å². The second-order valence-corrected chi connectivity index (χ2v) is 7.18. The largest absolute Gasteiger partial charge is 0.382 e. The number of nitrogens with one attached hydrogen (secondary N) is 2. The van der Waals surface area contributed by atoms with E-state index in [4.69, 9.17) is 11.6 Å². The minimum atomic E-state index is -1.37. The van der Waals surface area contributed by atoms with E-state index in [0.29, 0.717) is 21.8 Å². The number of aliphatic hydroxyl groups is 1. The normalized spacial score (nSPS) is 12.5. The molecule has 9 nitrogen and oxygen atoms in total. The Balaban J connectivity index is 1.85. The maximum Gasteiger partial charge on any atom is 0.276 e. The highest BCUT2D eigenvalue weighted by Gasteiger charge is 2.24. The minimum Gasteiger partial charge on any atom is -0.382 e. The summed E-state index contributed by atoms with van der Waals surface area (Å²) in [7, 11) is 0. The van der Waals surface area contributed by atoms with E-state index in [9.17, 15) is 20.0 Å². The maximum absolute atomic E-state index is 12.8. The van der Waals surface area contributed by atoms with Gasteiger partial charge in [0.05, 0.1) is 21.6 Å². The summed E-state index contributed by atoms with van der Waals surface area (Å²) >= 11 is 6.24. The van der Waals surface area contributed by atoms with E-state index in [2.05, 4.69) is 20.5 Å². The van der Waals surface area contributed by atoms with Gasteiger partial charge in [0.15, 0.2) is 5.69 Å². The molecule has 4 aromatic rings. The Kier molecular flexibility index (Phi) is 5.93. The van der Waals surface area contributed by atoms with Gasteiger partial charge in [-0.15, -0.1) is 0 Å². The first-order valence-corrected chi connectivity index (χ1v) is 9.82. The molecule has 160 valence electrons. The number of hydrogen-bond donors (Lipinski definition) is 3. The van der Waals surface area contributed by atoms with Crippen molar-refractivity contribution in [3.8, 4) is 0 Å². The molecule has 1 aromatic heterocycles. The Labute approximate surface area is 186 Å². The van der Waals surface area contributed by atoms with Gasteiger partial charge in [-0.2, -0.15) is 5.10 Å². The molecule has 0 saturated carbocycles. The van der Waals surface area contributed by atoms with Crippen LogP contribution < -0.4 is 11.0 Å². The number of rotatable bonds is 6. The van der Waals surface area contributed by atoms with Crippen LogP contribution in [0.5, 0.6) is 0 Å². The van der Waals surface area contributed by atoms with Crippen LogP contribution in [0, 0.1) is 10.1 Å². The number of hydrazone groups is 1. The number of halogens is 1. The Morgan fingerprint density at radius 1 is 1.12 bits per heavy atom. The lowest BCUT2D eigenvalue weighted by molar-refractivity contribution is -0.384. The summed E-state index contributed by atoms with van der Waals surface area (Å²) < 4.78 is 0. The van der Waals surface area contributed by atoms with Gasteiger partial charge in [-0.3, -0.25) is 20.3 Å². The van der Waals surface area contributed by atoms with Crippen LogP contribution in [-0.4, -0.2) is 25.7 Å². The van der Waals surface area contributed by atoms with Crippen LogP contribution in [0.4, 0.5) is 11.4 Å². The topological polar surface area (TPSA) is 134 Å². The number of nitro benzene ring substituents is 1. The van der Waals surface area contributed by atoms with Gasteiger partial charge >= 0.3 is 0 Å². The monoisotopic (exact) mass is 449 g/mol. The maximum atomic E-state index is 12.8. The summed E-state index contributed by atoms with van der Waals surface area (Å²) in [6.07, 6.45) is -1.37. The van der Waals surface area contributed by atoms with Crippen LogP contribution in [0.25, 0.3) is 11.0 Å². The van der Waals surface area contributed by atoms with Crippen LogP contribution >= 0.6 is 11.6 Å². The third-order valence-electron chi connectivity index (χ3n) is 4.67. The van der Waals surface area contributed by atoms with Gasteiger partial charge in [-0.25, -0.2) is 4.98 Å². The first-order chi connectivity index (χ1) is 15.4. The smallest absolute Gasteiger partial charge is 0.276 e. The number of aromatic amines is 1. The molecule has 4 rings (SSSR count). The third kappa shape index (κ3) is 4.34. The minimum absolute atomic E-state index is 0.0662. The molecule has 10 heteroatoms. The molecule has 0 radical (unpaired) electrons. The summed E-state index contributed by atoms with van der Waals surface area (Å²) in [5.41, 5.74) is 3.20. The fourth-order valence-corrected chi connectivity index (χ4v) is 3.33. The number of aromatic nitrogens is 2. The van der Waals surface area contributed by atoms with E-state index >= 15 is 0 Å². The van der Waals surface area contributed by atoms with Crippen molar-refractivity contribution >= 4 is 39.7 Å². The number of hydrogen-bond acceptors (Lipinski definition) is 7. The SMILES string of the molecule is O=c1[nH]c2cc([N+](=O)[O-])ccc2nc1C(=NNc1ccccc1)C(O)c1ccccc1Cl. The van der Waals surface area contributed by atoms with Gasteiger partial charge in [-0.1, -0.05) is 48.0 Å². The van der Waals surface area contributed by atoms with Crippen molar-refractivity contribution in [1.29, 1.82) is 0 Å². The standard InChI is InChI=1S/C22H16ClN5O4/c23-16-9-5-4-8-15(16)21(29)19(27-26-13-6-2-1-3-7-13)20-22(30)25-18-12-14(28(31)32)10-11-17(18)24-20/h1-12,21,26,29H,(H,25,30). The predicted molar refractivity (Wildman–Crippen MR) is 122 cm³/mol. The van der Waals surface area contributed by atoms with Gasteiger partial charge in [0.2, 0.25) is 0 Å². The highest BCUT2D eigenvalue weighted by molar-refractivity contribution is 6.31. The van der Waals surface area contributed by atoms with E-state index in [-0.39, 0.29) is 22.6 Å². The fourth-order valence-electron chi connectivity index (χ4n) is 3.09. The summed E-state index contributed by atoms with van der Waals surface area (Å²) in [5, 5.41) is 26.6. The number of anilines is 1. The zero-order chi connectivity index (χ0) is 22.7. The second-order valence-electron chi connectivity index (χ2n) is 6.77. The molecule has 0 aliphatic rings. The number of H-pyrrole nitrogens is 1. The lowest BCUT2D eigenvalue weighted by atomic mass is 10.0. The van der Waals surface area contributed by atoms with Gasteiger partial charge in [-0.05, 0) is 24.3 Å². The first kappa shape index (κ1) is 21.2. The van der Waals surface area contributed by atoms with Crippen LogP contribution in [0.2, 0.25) is 5.02 Å². The molecular weight excluding hydrogens is 434 g/mol. The third-order valence-corrected chi connectivity index (χ3v) is 5.01. The van der Waals surface area contributed by atoms with Crippen LogP contribution in [0.3, 0.4) is 0 Å². The van der Waals surface area contributed by atoms with Crippen molar-refractivity contribution in [2.75, 3.05) is 5.43 Å². The van der Waals surface area contributed by atoms with Crippen molar-refractivity contribution in [2.45, 2.75) is 6.10 Å². The zero-order valence-electron chi connectivity index (χ0n) is 16.4. The summed E-state index contributed by atoms with van der Waals surface area (Å²) in [6.45, 7) is 0. The van der Waals surface area contributed by atoms with Gasteiger partial charge < -0.3 is 10.1 Å². The molecule has 1 unspecified atom stereocenters. The molecular formula is C22H16ClN5O4. The molecule has 1 atom stereocenters. The van der Waals surface area contributed by atoms with E-state index in [1.165, 1.54) is 18.2 Å². The molecule has 0 fully saturated rings. The molecule has 0 spiro atoms. The second kappa shape index (κ2) is 8.96. The van der Waals surface area contributed by atoms with Gasteiger partial charge in [0.25, 0.3) is 11.2 Å². The van der Waals surface area contributed by atoms with Crippen molar-refractivity contribution in [3.05, 3.63) is 110 Å². The molecule has 0 aliphatic heterocycles. The molecule has 0 aliphatic carbocycles. The van der Waals surface area contributed by atoms with Gasteiger partial charge in [0.1, 0.15) is 11.8 Å². The van der Waals surface area contributed by atoms with E-state index in [1.807, 2.05) is 6.07 Å². The molecule has 1 heterocycles. The first-order valence-electron chi connectivity index (χ1n) is 9.44. The molecule has 32 heavy (non-hydrogen) atoms. The van der Waals surface area contributed by atoms with Crippen molar-refractivity contribution < 1.29 is 10.0 Å². The molecule has 0 amide bonds. The fraction of sp³-hybridized carbons (Fsp3) is 0.0455. The number of nitro groups is 1. The summed E-state index contributed by atoms with van der Waals surface area (Å²) in [4.78, 5) is 30.2. The van der Waals surface area contributed by atoms with Gasteiger partial charge in [0, 0.05) is 22.7 Å². The van der Waals surface area contributed by atoms with Crippen molar-refractivity contribution in [3.63, 3.8) is 0 Å². The molecule has 3 N–H and O–H groups in total. The van der Waals surface area contributed by atoms with Crippen molar-refractivity contribution in [1.82, 2.24) is 9.97 Å². The average Bonchev–Trinajstić information content (AvgIpc) is 2.79. The summed E-state index contributed by atoms with van der Waals surface area (Å²) in [6, 6.07) is 19.5. The van der Waals surface area contributed by atoms with Crippen LogP contribution in [0.1, 0.15) is 17.4 Å². The van der Waals surface area contributed by atoms with Crippen LogP contribution in [0.15, 0.2) is 82.7 Å². The Bertz CT molecular complexity index is 1390. The predicted octanol–water partition coefficient (Wildman–Crippen LogP) is 4.03. The average molecular weight is 450 g/mol. The molecule has 0 bridgehead atoms. The zero-order valence-corrected chi connectivity index (χ0v) is 17.2. The molecule has 0 saturated heterocycles.